The number of amides is 2. The fourth-order valence-electron chi connectivity index (χ4n) is 2.64. The van der Waals surface area contributed by atoms with Gasteiger partial charge in [0.1, 0.15) is 5.92 Å². The van der Waals surface area contributed by atoms with Gasteiger partial charge < -0.3 is 15.1 Å². The van der Waals surface area contributed by atoms with Crippen molar-refractivity contribution in [3.63, 3.8) is 0 Å². The molecule has 0 spiro atoms. The number of urea groups is 1. The van der Waals surface area contributed by atoms with E-state index in [0.29, 0.717) is 11.3 Å². The number of carbonyl (C=O) groups is 2. The lowest BCUT2D eigenvalue weighted by atomic mass is 10.0. The number of hydrogen-bond acceptors (Lipinski definition) is 3. The number of aliphatic hydroxyl groups is 1. The van der Waals surface area contributed by atoms with E-state index in [2.05, 4.69) is 0 Å². The van der Waals surface area contributed by atoms with Crippen LogP contribution in [0.15, 0.2) is 24.3 Å². The van der Waals surface area contributed by atoms with Gasteiger partial charge in [0.25, 0.3) is 0 Å². The summed E-state index contributed by atoms with van der Waals surface area (Å²) in [6.45, 7) is 3.96. The van der Waals surface area contributed by atoms with Crippen LogP contribution >= 0.6 is 0 Å². The molecule has 0 saturated carbocycles. The normalized spacial score (nSPS) is 17.0. The van der Waals surface area contributed by atoms with Gasteiger partial charge in [-0.1, -0.05) is 18.2 Å². The monoisotopic (exact) mass is 292 g/mol. The van der Waals surface area contributed by atoms with Crippen molar-refractivity contribution in [2.75, 3.05) is 24.6 Å². The molecule has 6 heteroatoms. The van der Waals surface area contributed by atoms with Crippen LogP contribution in [0.2, 0.25) is 0 Å². The Morgan fingerprint density at radius 3 is 2.62 bits per heavy atom. The van der Waals surface area contributed by atoms with Gasteiger partial charge in [0, 0.05) is 24.8 Å². The molecule has 2 rings (SSSR count). The molecule has 1 atom stereocenters. The van der Waals surface area contributed by atoms with Gasteiger partial charge in [0.2, 0.25) is 0 Å². The first-order chi connectivity index (χ1) is 9.97. The Hall–Kier alpha value is -2.08. The molecule has 1 aromatic carbocycles. The van der Waals surface area contributed by atoms with Crippen molar-refractivity contribution in [2.45, 2.75) is 25.8 Å². The van der Waals surface area contributed by atoms with E-state index < -0.39 is 11.9 Å². The second kappa shape index (κ2) is 6.13. The molecule has 0 aliphatic carbocycles. The molecule has 1 unspecified atom stereocenters. The van der Waals surface area contributed by atoms with Gasteiger partial charge >= 0.3 is 12.0 Å². The van der Waals surface area contributed by atoms with Crippen LogP contribution in [-0.2, 0) is 4.79 Å². The molecule has 0 bridgehead atoms. The van der Waals surface area contributed by atoms with Crippen molar-refractivity contribution in [3.05, 3.63) is 29.8 Å². The molecule has 21 heavy (non-hydrogen) atoms. The van der Waals surface area contributed by atoms with Crippen molar-refractivity contribution in [3.8, 4) is 0 Å². The summed E-state index contributed by atoms with van der Waals surface area (Å²) >= 11 is 0. The highest BCUT2D eigenvalue weighted by atomic mass is 16.4. The Balaban J connectivity index is 2.33. The minimum absolute atomic E-state index is 0.0688. The first-order valence-electron chi connectivity index (χ1n) is 6.98. The van der Waals surface area contributed by atoms with Crippen molar-refractivity contribution in [2.24, 2.45) is 0 Å². The molecule has 0 aromatic heterocycles. The van der Waals surface area contributed by atoms with E-state index in [1.807, 2.05) is 13.8 Å². The number of aliphatic carboxylic acids is 1. The maximum atomic E-state index is 12.7. The summed E-state index contributed by atoms with van der Waals surface area (Å²) in [6, 6.07) is 6.72. The first-order valence-corrected chi connectivity index (χ1v) is 6.98. The third-order valence-corrected chi connectivity index (χ3v) is 3.71. The molecule has 2 amide bonds. The number of carbonyl (C=O) groups excluding carboxylic acids is 1. The van der Waals surface area contributed by atoms with E-state index in [-0.39, 0.29) is 31.8 Å². The number of anilines is 1. The standard InChI is InChI=1S/C15H20N2O4/c1-10(2)16(7-8-18)15(21)17-9-12(14(19)20)11-5-3-4-6-13(11)17/h3-6,10,12,18H,7-9H2,1-2H3,(H,19,20). The number of fused-ring (bicyclic) bond motifs is 1. The predicted molar refractivity (Wildman–Crippen MR) is 78.5 cm³/mol. The van der Waals surface area contributed by atoms with Gasteiger partial charge in [-0.3, -0.25) is 9.69 Å². The third-order valence-electron chi connectivity index (χ3n) is 3.71. The molecule has 0 fully saturated rings. The second-order valence-electron chi connectivity index (χ2n) is 5.35. The molecule has 1 aliphatic rings. The van der Waals surface area contributed by atoms with E-state index >= 15 is 0 Å². The average molecular weight is 292 g/mol. The van der Waals surface area contributed by atoms with Gasteiger partial charge in [0.15, 0.2) is 0 Å². The minimum Gasteiger partial charge on any atom is -0.481 e. The Morgan fingerprint density at radius 1 is 1.38 bits per heavy atom. The van der Waals surface area contributed by atoms with Crippen molar-refractivity contribution in [1.29, 1.82) is 0 Å². The maximum absolute atomic E-state index is 12.7. The molecule has 1 aromatic rings. The molecule has 0 saturated heterocycles. The summed E-state index contributed by atoms with van der Waals surface area (Å²) in [7, 11) is 0. The molecule has 1 heterocycles. The summed E-state index contributed by atoms with van der Waals surface area (Å²) in [5, 5.41) is 18.4. The van der Waals surface area contributed by atoms with Crippen LogP contribution in [0.4, 0.5) is 10.5 Å². The smallest absolute Gasteiger partial charge is 0.324 e. The largest absolute Gasteiger partial charge is 0.481 e. The van der Waals surface area contributed by atoms with E-state index in [0.717, 1.165) is 0 Å². The highest BCUT2D eigenvalue weighted by Crippen LogP contribution is 2.36. The van der Waals surface area contributed by atoms with Crippen LogP contribution in [0.1, 0.15) is 25.3 Å². The topological polar surface area (TPSA) is 81.1 Å². The van der Waals surface area contributed by atoms with Crippen molar-refractivity contribution < 1.29 is 19.8 Å². The maximum Gasteiger partial charge on any atom is 0.324 e. The summed E-state index contributed by atoms with van der Waals surface area (Å²) in [5.41, 5.74) is 1.30. The van der Waals surface area contributed by atoms with E-state index in [4.69, 9.17) is 5.11 Å². The van der Waals surface area contributed by atoms with Crippen molar-refractivity contribution >= 4 is 17.7 Å². The number of nitrogens with zero attached hydrogens (tertiary/aromatic N) is 2. The van der Waals surface area contributed by atoms with Crippen LogP contribution in [0, 0.1) is 0 Å². The Labute approximate surface area is 123 Å². The number of carboxylic acid groups (broad SMARTS) is 1. The highest BCUT2D eigenvalue weighted by Gasteiger charge is 2.38. The van der Waals surface area contributed by atoms with Crippen LogP contribution in [0.25, 0.3) is 0 Å². The number of aliphatic hydroxyl groups excluding tert-OH is 1. The zero-order valence-corrected chi connectivity index (χ0v) is 12.2. The minimum atomic E-state index is -0.934. The zero-order valence-electron chi connectivity index (χ0n) is 12.2. The van der Waals surface area contributed by atoms with Gasteiger partial charge in [0.05, 0.1) is 6.61 Å². The molecular formula is C15H20N2O4. The van der Waals surface area contributed by atoms with E-state index in [1.54, 1.807) is 29.2 Å². The van der Waals surface area contributed by atoms with Crippen molar-refractivity contribution in [1.82, 2.24) is 4.90 Å². The van der Waals surface area contributed by atoms with E-state index in [9.17, 15) is 14.7 Å². The van der Waals surface area contributed by atoms with Crippen LogP contribution < -0.4 is 4.90 Å². The Kier molecular flexibility index (Phi) is 4.47. The van der Waals surface area contributed by atoms with E-state index in [1.165, 1.54) is 4.90 Å². The molecule has 1 aliphatic heterocycles. The fourth-order valence-corrected chi connectivity index (χ4v) is 2.64. The average Bonchev–Trinajstić information content (AvgIpc) is 2.83. The Morgan fingerprint density at radius 2 is 2.05 bits per heavy atom. The number of carboxylic acids is 1. The molecule has 6 nitrogen and oxygen atoms in total. The quantitative estimate of drug-likeness (QED) is 0.881. The summed E-state index contributed by atoms with van der Waals surface area (Å²) < 4.78 is 0. The lowest BCUT2D eigenvalue weighted by Crippen LogP contribution is -2.47. The predicted octanol–water partition coefficient (Wildman–Crippen LogP) is 1.50. The number of para-hydroxylation sites is 1. The first kappa shape index (κ1) is 15.3. The number of benzene rings is 1. The van der Waals surface area contributed by atoms with Crippen LogP contribution in [0.5, 0.6) is 0 Å². The highest BCUT2D eigenvalue weighted by molar-refractivity contribution is 5.98. The fraction of sp³-hybridized carbons (Fsp3) is 0.467. The molecule has 114 valence electrons. The Bertz CT molecular complexity index is 544. The summed E-state index contributed by atoms with van der Waals surface area (Å²) in [6.07, 6.45) is 0. The van der Waals surface area contributed by atoms with Crippen LogP contribution in [-0.4, -0.2) is 52.9 Å². The zero-order chi connectivity index (χ0) is 15.6. The van der Waals surface area contributed by atoms with Crippen LogP contribution in [0.3, 0.4) is 0 Å². The number of rotatable bonds is 4. The summed E-state index contributed by atoms with van der Waals surface area (Å²) in [5.74, 6) is -1.63. The SMILES string of the molecule is CC(C)N(CCO)C(=O)N1CC(C(=O)O)c2ccccc21. The lowest BCUT2D eigenvalue weighted by molar-refractivity contribution is -0.138. The summed E-state index contributed by atoms with van der Waals surface area (Å²) in [4.78, 5) is 27.1. The van der Waals surface area contributed by atoms with Gasteiger partial charge in [-0.25, -0.2) is 4.79 Å². The third kappa shape index (κ3) is 2.85. The lowest BCUT2D eigenvalue weighted by Gasteiger charge is -2.31. The molecule has 2 N–H and O–H groups in total. The second-order valence-corrected chi connectivity index (χ2v) is 5.35. The van der Waals surface area contributed by atoms with Gasteiger partial charge in [-0.05, 0) is 25.5 Å². The molecular weight excluding hydrogens is 272 g/mol. The van der Waals surface area contributed by atoms with Gasteiger partial charge in [-0.2, -0.15) is 0 Å². The number of hydrogen-bond donors (Lipinski definition) is 2. The molecule has 0 radical (unpaired) electrons. The van der Waals surface area contributed by atoms with Gasteiger partial charge in [-0.15, -0.1) is 0 Å².